The van der Waals surface area contributed by atoms with Crippen molar-refractivity contribution in [1.29, 1.82) is 0 Å². The molecule has 0 aliphatic carbocycles. The Morgan fingerprint density at radius 3 is 2.64 bits per heavy atom. The van der Waals surface area contributed by atoms with Crippen LogP contribution in [0.5, 0.6) is 0 Å². The van der Waals surface area contributed by atoms with E-state index in [1.807, 2.05) is 6.92 Å². The van der Waals surface area contributed by atoms with Gasteiger partial charge in [0.1, 0.15) is 11.6 Å². The molecule has 0 aliphatic heterocycles. The van der Waals surface area contributed by atoms with Crippen LogP contribution in [-0.2, 0) is 11.9 Å². The lowest BCUT2D eigenvalue weighted by molar-refractivity contribution is -0.141. The van der Waals surface area contributed by atoms with Crippen molar-refractivity contribution in [3.8, 4) is 0 Å². The molecule has 2 heterocycles. The third-order valence-electron chi connectivity index (χ3n) is 3.15. The maximum atomic E-state index is 13.1. The van der Waals surface area contributed by atoms with Crippen molar-refractivity contribution < 1.29 is 27.5 Å². The Hall–Kier alpha value is -2.23. The Balaban J connectivity index is 2.22. The van der Waals surface area contributed by atoms with Crippen molar-refractivity contribution in [2.45, 2.75) is 30.4 Å². The molecule has 10 heteroatoms. The van der Waals surface area contributed by atoms with Crippen LogP contribution in [0.15, 0.2) is 27.8 Å². The molecule has 0 amide bonds. The highest BCUT2D eigenvalue weighted by Crippen LogP contribution is 2.32. The fourth-order valence-corrected chi connectivity index (χ4v) is 2.72. The topological polar surface area (TPSA) is 79.5 Å². The third-order valence-corrected chi connectivity index (χ3v) is 4.02. The molecule has 2 aromatic heterocycles. The van der Waals surface area contributed by atoms with E-state index in [4.69, 9.17) is 9.52 Å². The normalized spacial score (nSPS) is 11.6. The summed E-state index contributed by atoms with van der Waals surface area (Å²) in [7, 11) is 1.66. The summed E-state index contributed by atoms with van der Waals surface area (Å²) in [5.41, 5.74) is -1.02. The Morgan fingerprint density at radius 1 is 1.36 bits per heavy atom. The molecule has 6 nitrogen and oxygen atoms in total. The molecule has 1 N–H and O–H groups in total. The van der Waals surface area contributed by atoms with Gasteiger partial charge in [0, 0.05) is 19.7 Å². The van der Waals surface area contributed by atoms with Crippen molar-refractivity contribution in [3.63, 3.8) is 0 Å². The lowest BCUT2D eigenvalue weighted by atomic mass is 10.3. The van der Waals surface area contributed by atoms with Crippen LogP contribution < -0.4 is 4.90 Å². The highest BCUT2D eigenvalue weighted by Gasteiger charge is 2.34. The van der Waals surface area contributed by atoms with Gasteiger partial charge in [-0.2, -0.15) is 13.2 Å². The smallest absolute Gasteiger partial charge is 0.433 e. The molecular weight excluding hydrogens is 359 g/mol. The summed E-state index contributed by atoms with van der Waals surface area (Å²) < 4.78 is 44.2. The van der Waals surface area contributed by atoms with Gasteiger partial charge in [-0.15, -0.1) is 0 Å². The summed E-state index contributed by atoms with van der Waals surface area (Å²) >= 11 is 0.943. The van der Waals surface area contributed by atoms with Gasteiger partial charge in [-0.3, -0.25) is 0 Å². The number of carbonyl (C=O) groups is 1. The molecule has 2 rings (SSSR count). The summed E-state index contributed by atoms with van der Waals surface area (Å²) in [4.78, 5) is 20.1. The zero-order valence-electron chi connectivity index (χ0n) is 13.5. The highest BCUT2D eigenvalue weighted by molar-refractivity contribution is 7.98. The number of halogens is 3. The van der Waals surface area contributed by atoms with Crippen molar-refractivity contribution in [1.82, 2.24) is 9.97 Å². The maximum Gasteiger partial charge on any atom is 0.433 e. The first-order valence-corrected chi connectivity index (χ1v) is 8.31. The second kappa shape index (κ2) is 7.77. The SMILES string of the molecule is CCCN(C)c1cc(C(F)(F)F)nc(SCc2ccc(C(=O)O)o2)n1. The average molecular weight is 375 g/mol. The van der Waals surface area contributed by atoms with Gasteiger partial charge in [0.05, 0.1) is 5.75 Å². The number of hydrogen-bond donors (Lipinski definition) is 1. The molecule has 136 valence electrons. The Morgan fingerprint density at radius 2 is 2.08 bits per heavy atom. The van der Waals surface area contributed by atoms with E-state index >= 15 is 0 Å². The first-order valence-electron chi connectivity index (χ1n) is 7.33. The number of anilines is 1. The second-order valence-electron chi connectivity index (χ2n) is 5.17. The van der Waals surface area contributed by atoms with Crippen molar-refractivity contribution >= 4 is 23.5 Å². The van der Waals surface area contributed by atoms with E-state index in [2.05, 4.69) is 9.97 Å². The van der Waals surface area contributed by atoms with Crippen molar-refractivity contribution in [3.05, 3.63) is 35.4 Å². The molecule has 0 spiro atoms. The lowest BCUT2D eigenvalue weighted by Crippen LogP contribution is -2.21. The average Bonchev–Trinajstić information content (AvgIpc) is 3.01. The molecule has 2 aromatic rings. The zero-order chi connectivity index (χ0) is 18.6. The largest absolute Gasteiger partial charge is 0.475 e. The van der Waals surface area contributed by atoms with Gasteiger partial charge in [0.15, 0.2) is 10.9 Å². The van der Waals surface area contributed by atoms with Crippen LogP contribution in [0.3, 0.4) is 0 Å². The minimum Gasteiger partial charge on any atom is -0.475 e. The number of aromatic carboxylic acids is 1. The number of alkyl halides is 3. The third kappa shape index (κ3) is 5.12. The molecule has 25 heavy (non-hydrogen) atoms. The van der Waals surface area contributed by atoms with Gasteiger partial charge in [-0.05, 0) is 18.6 Å². The number of furan rings is 1. The Kier molecular flexibility index (Phi) is 5.93. The molecule has 0 saturated carbocycles. The predicted octanol–water partition coefficient (Wildman–Crippen LogP) is 3.93. The number of hydrogen-bond acceptors (Lipinski definition) is 6. The van der Waals surface area contributed by atoms with Crippen LogP contribution in [0.1, 0.15) is 35.4 Å². The van der Waals surface area contributed by atoms with E-state index in [-0.39, 0.29) is 22.5 Å². The summed E-state index contributed by atoms with van der Waals surface area (Å²) in [6.45, 7) is 2.47. The number of aromatic nitrogens is 2. The number of nitrogens with zero attached hydrogens (tertiary/aromatic N) is 3. The molecule has 0 aromatic carbocycles. The number of rotatable bonds is 7. The van der Waals surface area contributed by atoms with Crippen LogP contribution in [0.2, 0.25) is 0 Å². The van der Waals surface area contributed by atoms with Gasteiger partial charge in [0.25, 0.3) is 0 Å². The van der Waals surface area contributed by atoms with E-state index < -0.39 is 17.8 Å². The van der Waals surface area contributed by atoms with E-state index in [1.165, 1.54) is 12.1 Å². The van der Waals surface area contributed by atoms with E-state index in [9.17, 15) is 18.0 Å². The molecule has 0 radical (unpaired) electrons. The minimum atomic E-state index is -4.58. The van der Waals surface area contributed by atoms with Gasteiger partial charge in [0.2, 0.25) is 5.76 Å². The zero-order valence-corrected chi connectivity index (χ0v) is 14.3. The standard InChI is InChI=1S/C15H16F3N3O3S/c1-3-6-21(2)12-7-11(15(16,17)18)19-14(20-12)25-8-9-4-5-10(24-9)13(22)23/h4-5,7H,3,6,8H2,1-2H3,(H,22,23). The maximum absolute atomic E-state index is 13.1. The van der Waals surface area contributed by atoms with Crippen LogP contribution in [-0.4, -0.2) is 34.6 Å². The van der Waals surface area contributed by atoms with E-state index in [0.29, 0.717) is 12.3 Å². The van der Waals surface area contributed by atoms with Crippen molar-refractivity contribution in [2.24, 2.45) is 0 Å². The lowest BCUT2D eigenvalue weighted by Gasteiger charge is -2.19. The molecule has 0 atom stereocenters. The molecule has 0 aliphatic rings. The molecular formula is C15H16F3N3O3S. The van der Waals surface area contributed by atoms with Crippen LogP contribution in [0.4, 0.5) is 19.0 Å². The number of carboxylic acids is 1. The van der Waals surface area contributed by atoms with E-state index in [0.717, 1.165) is 24.2 Å². The second-order valence-corrected chi connectivity index (χ2v) is 6.12. The van der Waals surface area contributed by atoms with Crippen LogP contribution >= 0.6 is 11.8 Å². The summed E-state index contributed by atoms with van der Waals surface area (Å²) in [5, 5.41) is 8.75. The van der Waals surface area contributed by atoms with Crippen LogP contribution in [0.25, 0.3) is 0 Å². The molecule has 0 unspecified atom stereocenters. The summed E-state index contributed by atoms with van der Waals surface area (Å²) in [6, 6.07) is 3.65. The highest BCUT2D eigenvalue weighted by atomic mass is 32.2. The van der Waals surface area contributed by atoms with Crippen molar-refractivity contribution in [2.75, 3.05) is 18.5 Å². The van der Waals surface area contributed by atoms with Gasteiger partial charge in [-0.1, -0.05) is 18.7 Å². The minimum absolute atomic E-state index is 0.0546. The van der Waals surface area contributed by atoms with Gasteiger partial charge in [-0.25, -0.2) is 14.8 Å². The monoisotopic (exact) mass is 375 g/mol. The Labute approximate surface area is 146 Å². The van der Waals surface area contributed by atoms with Gasteiger partial charge < -0.3 is 14.4 Å². The van der Waals surface area contributed by atoms with E-state index in [1.54, 1.807) is 11.9 Å². The first kappa shape index (κ1) is 19.1. The van der Waals surface area contributed by atoms with Crippen LogP contribution in [0, 0.1) is 0 Å². The van der Waals surface area contributed by atoms with Gasteiger partial charge >= 0.3 is 12.1 Å². The Bertz CT molecular complexity index is 749. The number of thioether (sulfide) groups is 1. The quantitative estimate of drug-likeness (QED) is 0.580. The summed E-state index contributed by atoms with van der Waals surface area (Å²) in [6.07, 6.45) is -3.82. The molecule has 0 saturated heterocycles. The molecule has 0 fully saturated rings. The number of carboxylic acid groups (broad SMARTS) is 1. The fraction of sp³-hybridized carbons (Fsp3) is 0.400. The fourth-order valence-electron chi connectivity index (χ4n) is 1.97. The predicted molar refractivity (Wildman–Crippen MR) is 85.8 cm³/mol. The first-order chi connectivity index (χ1) is 11.7. The molecule has 0 bridgehead atoms. The summed E-state index contributed by atoms with van der Waals surface area (Å²) in [5.74, 6) is -0.839.